The van der Waals surface area contributed by atoms with Crippen molar-refractivity contribution in [3.63, 3.8) is 0 Å². The Bertz CT molecular complexity index is 308. The fourth-order valence-electron chi connectivity index (χ4n) is 2.07. The summed E-state index contributed by atoms with van der Waals surface area (Å²) in [5.41, 5.74) is 7.12. The minimum absolute atomic E-state index is 0.404. The molecular weight excluding hydrogens is 216 g/mol. The largest absolute Gasteiger partial charge is 0.330 e. The molecule has 2 atom stereocenters. The van der Waals surface area contributed by atoms with Gasteiger partial charge in [0.05, 0.1) is 0 Å². The van der Waals surface area contributed by atoms with Gasteiger partial charge < -0.3 is 10.6 Å². The van der Waals surface area contributed by atoms with Crippen LogP contribution in [0.15, 0.2) is 29.2 Å². The second-order valence-corrected chi connectivity index (χ2v) is 5.27. The molecule has 0 radical (unpaired) electrons. The van der Waals surface area contributed by atoms with Crippen molar-refractivity contribution in [3.8, 4) is 0 Å². The Labute approximate surface area is 103 Å². The van der Waals surface area contributed by atoms with Gasteiger partial charge in [-0.1, -0.05) is 19.1 Å². The van der Waals surface area contributed by atoms with E-state index in [0.29, 0.717) is 18.5 Å². The van der Waals surface area contributed by atoms with Crippen LogP contribution in [-0.4, -0.2) is 31.8 Å². The molecule has 0 aliphatic heterocycles. The van der Waals surface area contributed by atoms with E-state index in [0.717, 1.165) is 0 Å². The zero-order chi connectivity index (χ0) is 12.1. The van der Waals surface area contributed by atoms with Crippen molar-refractivity contribution in [2.75, 3.05) is 26.9 Å². The van der Waals surface area contributed by atoms with Gasteiger partial charge in [0.25, 0.3) is 0 Å². The molecule has 1 aromatic carbocycles. The molecule has 0 fully saturated rings. The van der Waals surface area contributed by atoms with Crippen LogP contribution in [-0.2, 0) is 0 Å². The van der Waals surface area contributed by atoms with Gasteiger partial charge in [0.2, 0.25) is 0 Å². The van der Waals surface area contributed by atoms with Gasteiger partial charge in [-0.3, -0.25) is 0 Å². The summed E-state index contributed by atoms with van der Waals surface area (Å²) >= 11 is 1.77. The minimum Gasteiger partial charge on any atom is -0.330 e. The molecule has 2 nitrogen and oxygen atoms in total. The lowest BCUT2D eigenvalue weighted by Crippen LogP contribution is -2.30. The Morgan fingerprint density at radius 2 is 1.81 bits per heavy atom. The molecule has 1 aromatic rings. The molecule has 0 saturated heterocycles. The predicted octanol–water partition coefficient (Wildman–Crippen LogP) is 2.61. The van der Waals surface area contributed by atoms with Crippen molar-refractivity contribution in [1.82, 2.24) is 4.90 Å². The van der Waals surface area contributed by atoms with Gasteiger partial charge in [0.1, 0.15) is 0 Å². The number of hydrogen-bond acceptors (Lipinski definition) is 3. The molecule has 2 N–H and O–H groups in total. The van der Waals surface area contributed by atoms with Crippen molar-refractivity contribution < 1.29 is 0 Å². The van der Waals surface area contributed by atoms with Crippen LogP contribution in [0.4, 0.5) is 0 Å². The Morgan fingerprint density at radius 1 is 1.25 bits per heavy atom. The molecule has 0 heterocycles. The first-order valence-electron chi connectivity index (χ1n) is 5.60. The highest BCUT2D eigenvalue weighted by Gasteiger charge is 2.19. The van der Waals surface area contributed by atoms with Crippen LogP contribution in [0.2, 0.25) is 0 Å². The molecule has 0 aliphatic carbocycles. The van der Waals surface area contributed by atoms with Crippen molar-refractivity contribution in [2.45, 2.75) is 17.9 Å². The lowest BCUT2D eigenvalue weighted by Gasteiger charge is -2.30. The summed E-state index contributed by atoms with van der Waals surface area (Å²) in [6.07, 6.45) is 2.10. The number of hydrogen-bond donors (Lipinski definition) is 1. The number of nitrogens with zero attached hydrogens (tertiary/aromatic N) is 1. The predicted molar refractivity (Wildman–Crippen MR) is 72.9 cm³/mol. The summed E-state index contributed by atoms with van der Waals surface area (Å²) < 4.78 is 0. The first-order valence-corrected chi connectivity index (χ1v) is 6.83. The number of nitrogens with two attached hydrogens (primary N) is 1. The van der Waals surface area contributed by atoms with Gasteiger partial charge in [-0.25, -0.2) is 0 Å². The van der Waals surface area contributed by atoms with Gasteiger partial charge in [-0.2, -0.15) is 0 Å². The van der Waals surface area contributed by atoms with Crippen LogP contribution in [0.3, 0.4) is 0 Å². The molecule has 0 amide bonds. The first-order chi connectivity index (χ1) is 7.60. The minimum atomic E-state index is 0.404. The number of thioether (sulfide) groups is 1. The summed E-state index contributed by atoms with van der Waals surface area (Å²) in [4.78, 5) is 3.55. The molecule has 0 bridgehead atoms. The van der Waals surface area contributed by atoms with Gasteiger partial charge in [0.15, 0.2) is 0 Å². The maximum Gasteiger partial charge on any atom is 0.0379 e. The molecule has 0 aromatic heterocycles. The topological polar surface area (TPSA) is 29.3 Å². The normalized spacial score (nSPS) is 15.1. The highest BCUT2D eigenvalue weighted by atomic mass is 32.2. The maximum atomic E-state index is 5.77. The highest BCUT2D eigenvalue weighted by Crippen LogP contribution is 2.27. The van der Waals surface area contributed by atoms with Crippen molar-refractivity contribution in [2.24, 2.45) is 11.7 Å². The van der Waals surface area contributed by atoms with Gasteiger partial charge in [-0.05, 0) is 50.5 Å². The monoisotopic (exact) mass is 238 g/mol. The molecule has 2 unspecified atom stereocenters. The number of rotatable bonds is 5. The summed E-state index contributed by atoms with van der Waals surface area (Å²) in [5.74, 6) is 0.468. The summed E-state index contributed by atoms with van der Waals surface area (Å²) in [6.45, 7) is 2.92. The quantitative estimate of drug-likeness (QED) is 0.800. The first kappa shape index (κ1) is 13.6. The average Bonchev–Trinajstić information content (AvgIpc) is 2.29. The molecule has 0 spiro atoms. The Balaban J connectivity index is 2.92. The highest BCUT2D eigenvalue weighted by molar-refractivity contribution is 7.98. The Kier molecular flexibility index (Phi) is 5.32. The fraction of sp³-hybridized carbons (Fsp3) is 0.538. The van der Waals surface area contributed by atoms with Crippen LogP contribution < -0.4 is 5.73 Å². The van der Waals surface area contributed by atoms with E-state index in [9.17, 15) is 0 Å². The second-order valence-electron chi connectivity index (χ2n) is 4.39. The van der Waals surface area contributed by atoms with Gasteiger partial charge in [0, 0.05) is 10.9 Å². The summed E-state index contributed by atoms with van der Waals surface area (Å²) in [7, 11) is 4.22. The van der Waals surface area contributed by atoms with E-state index in [1.54, 1.807) is 11.8 Å². The molecule has 0 saturated carbocycles. The third kappa shape index (κ3) is 3.24. The third-order valence-electron chi connectivity index (χ3n) is 2.92. The van der Waals surface area contributed by atoms with Crippen LogP contribution in [0.25, 0.3) is 0 Å². The molecular formula is C13H22N2S. The SMILES string of the molecule is CSc1ccc(C(C(C)CN)N(C)C)cc1. The molecule has 16 heavy (non-hydrogen) atoms. The Hall–Kier alpha value is -0.510. The zero-order valence-electron chi connectivity index (χ0n) is 10.6. The lowest BCUT2D eigenvalue weighted by molar-refractivity contribution is 0.227. The van der Waals surface area contributed by atoms with Gasteiger partial charge in [-0.15, -0.1) is 11.8 Å². The van der Waals surface area contributed by atoms with Crippen molar-refractivity contribution in [1.29, 1.82) is 0 Å². The van der Waals surface area contributed by atoms with E-state index in [4.69, 9.17) is 5.73 Å². The smallest absolute Gasteiger partial charge is 0.0379 e. The van der Waals surface area contributed by atoms with E-state index in [2.05, 4.69) is 56.4 Å². The van der Waals surface area contributed by atoms with E-state index in [1.165, 1.54) is 10.5 Å². The lowest BCUT2D eigenvalue weighted by atomic mass is 9.94. The summed E-state index contributed by atoms with van der Waals surface area (Å²) in [5, 5.41) is 0. The maximum absolute atomic E-state index is 5.77. The Morgan fingerprint density at radius 3 is 2.19 bits per heavy atom. The van der Waals surface area contributed by atoms with E-state index >= 15 is 0 Å². The molecule has 90 valence electrons. The van der Waals surface area contributed by atoms with Crippen LogP contribution in [0, 0.1) is 5.92 Å². The fourth-order valence-corrected chi connectivity index (χ4v) is 2.47. The third-order valence-corrected chi connectivity index (χ3v) is 3.67. The zero-order valence-corrected chi connectivity index (χ0v) is 11.4. The average molecular weight is 238 g/mol. The molecule has 3 heteroatoms. The summed E-state index contributed by atoms with van der Waals surface area (Å²) in [6, 6.07) is 9.19. The van der Waals surface area contributed by atoms with Crippen LogP contribution in [0.1, 0.15) is 18.5 Å². The van der Waals surface area contributed by atoms with Crippen LogP contribution >= 0.6 is 11.8 Å². The molecule has 1 rings (SSSR count). The van der Waals surface area contributed by atoms with E-state index < -0.39 is 0 Å². The van der Waals surface area contributed by atoms with Crippen molar-refractivity contribution >= 4 is 11.8 Å². The van der Waals surface area contributed by atoms with Crippen LogP contribution in [0.5, 0.6) is 0 Å². The van der Waals surface area contributed by atoms with Gasteiger partial charge >= 0.3 is 0 Å². The van der Waals surface area contributed by atoms with Crippen molar-refractivity contribution in [3.05, 3.63) is 29.8 Å². The standard InChI is InChI=1S/C13H22N2S/c1-10(9-14)13(15(2)3)11-5-7-12(16-4)8-6-11/h5-8,10,13H,9,14H2,1-4H3. The van der Waals surface area contributed by atoms with E-state index in [1.807, 2.05) is 0 Å². The second kappa shape index (κ2) is 6.28. The van der Waals surface area contributed by atoms with E-state index in [-0.39, 0.29) is 0 Å². The number of benzene rings is 1. The molecule has 0 aliphatic rings.